The fraction of sp³-hybridized carbons (Fsp3) is 0.462. The SMILES string of the molecule is CCc1c(C2CC2c2ccc(C)o2)oc2ccc(C(=O)OCCN(CC)CC)cc2c1=O. The molecule has 2 unspecified atom stereocenters. The van der Waals surface area contributed by atoms with Crippen LogP contribution in [0.1, 0.15) is 72.2 Å². The van der Waals surface area contributed by atoms with Gasteiger partial charge in [-0.25, -0.2) is 4.79 Å². The zero-order valence-electron chi connectivity index (χ0n) is 19.3. The van der Waals surface area contributed by atoms with Crippen molar-refractivity contribution in [1.82, 2.24) is 4.90 Å². The van der Waals surface area contributed by atoms with Gasteiger partial charge in [0.1, 0.15) is 29.5 Å². The van der Waals surface area contributed by atoms with Crippen LogP contribution in [-0.4, -0.2) is 37.1 Å². The van der Waals surface area contributed by atoms with Crippen molar-refractivity contribution in [2.75, 3.05) is 26.2 Å². The molecule has 6 nitrogen and oxygen atoms in total. The van der Waals surface area contributed by atoms with Gasteiger partial charge in [-0.3, -0.25) is 4.79 Å². The third-order valence-corrected chi connectivity index (χ3v) is 6.39. The Kier molecular flexibility index (Phi) is 6.51. The monoisotopic (exact) mass is 437 g/mol. The quantitative estimate of drug-likeness (QED) is 0.437. The topological polar surface area (TPSA) is 72.9 Å². The second-order valence-corrected chi connectivity index (χ2v) is 8.40. The lowest BCUT2D eigenvalue weighted by Gasteiger charge is -2.17. The maximum atomic E-state index is 13.3. The fourth-order valence-electron chi connectivity index (χ4n) is 4.35. The molecule has 1 aliphatic carbocycles. The van der Waals surface area contributed by atoms with Crippen molar-refractivity contribution < 1.29 is 18.4 Å². The maximum absolute atomic E-state index is 13.3. The van der Waals surface area contributed by atoms with Crippen molar-refractivity contribution in [2.24, 2.45) is 0 Å². The van der Waals surface area contributed by atoms with Gasteiger partial charge in [0, 0.05) is 23.9 Å². The lowest BCUT2D eigenvalue weighted by molar-refractivity contribution is 0.0466. The molecule has 0 spiro atoms. The number of benzene rings is 1. The highest BCUT2D eigenvalue weighted by molar-refractivity contribution is 5.94. The minimum atomic E-state index is -0.420. The molecular weight excluding hydrogens is 406 g/mol. The molecule has 32 heavy (non-hydrogen) atoms. The molecule has 4 rings (SSSR count). The Morgan fingerprint density at radius 1 is 1.09 bits per heavy atom. The van der Waals surface area contributed by atoms with Gasteiger partial charge in [0.25, 0.3) is 0 Å². The second kappa shape index (κ2) is 9.33. The number of furan rings is 1. The fourth-order valence-corrected chi connectivity index (χ4v) is 4.35. The lowest BCUT2D eigenvalue weighted by atomic mass is 10.0. The van der Waals surface area contributed by atoms with Crippen LogP contribution in [0, 0.1) is 6.92 Å². The summed E-state index contributed by atoms with van der Waals surface area (Å²) in [5.41, 5.74) is 1.49. The number of ether oxygens (including phenoxy) is 1. The van der Waals surface area contributed by atoms with E-state index in [9.17, 15) is 9.59 Å². The molecule has 1 saturated carbocycles. The summed E-state index contributed by atoms with van der Waals surface area (Å²) in [7, 11) is 0. The number of hydrogen-bond acceptors (Lipinski definition) is 6. The Balaban J connectivity index is 1.57. The van der Waals surface area contributed by atoms with E-state index in [1.165, 1.54) is 0 Å². The smallest absolute Gasteiger partial charge is 0.338 e. The summed E-state index contributed by atoms with van der Waals surface area (Å²) in [5, 5.41) is 0.426. The molecular formula is C26H31NO5. The normalized spacial score (nSPS) is 17.8. The number of rotatable bonds is 9. The Morgan fingerprint density at radius 2 is 1.88 bits per heavy atom. The standard InChI is InChI=1S/C26H31NO5/c1-5-18-24(28)21-14-17(26(29)30-13-12-27(6-2)7-3)9-11-23(21)32-25(18)20-15-19(20)22-10-8-16(4)31-22/h8-11,14,19-20H,5-7,12-13,15H2,1-4H3. The van der Waals surface area contributed by atoms with Crippen LogP contribution in [0.3, 0.4) is 0 Å². The van der Waals surface area contributed by atoms with Gasteiger partial charge < -0.3 is 18.5 Å². The van der Waals surface area contributed by atoms with Crippen molar-refractivity contribution in [1.29, 1.82) is 0 Å². The highest BCUT2D eigenvalue weighted by Crippen LogP contribution is 2.55. The average Bonchev–Trinajstić information content (AvgIpc) is 3.48. The van der Waals surface area contributed by atoms with Gasteiger partial charge in [0.15, 0.2) is 5.43 Å². The average molecular weight is 438 g/mol. The van der Waals surface area contributed by atoms with E-state index >= 15 is 0 Å². The summed E-state index contributed by atoms with van der Waals surface area (Å²) in [6, 6.07) is 8.94. The molecule has 0 bridgehead atoms. The van der Waals surface area contributed by atoms with Crippen LogP contribution in [0.15, 0.2) is 44.0 Å². The van der Waals surface area contributed by atoms with Gasteiger partial charge in [-0.05, 0) is 63.2 Å². The van der Waals surface area contributed by atoms with Crippen LogP contribution < -0.4 is 5.43 Å². The molecule has 0 N–H and O–H groups in total. The summed E-state index contributed by atoms with van der Waals surface area (Å²) in [5.74, 6) is 2.56. The van der Waals surface area contributed by atoms with E-state index in [0.29, 0.717) is 41.7 Å². The first-order valence-corrected chi connectivity index (χ1v) is 11.5. The number of hydrogen-bond donors (Lipinski definition) is 0. The molecule has 6 heteroatoms. The van der Waals surface area contributed by atoms with Crippen molar-refractivity contribution in [2.45, 2.75) is 52.4 Å². The van der Waals surface area contributed by atoms with Crippen LogP contribution >= 0.6 is 0 Å². The minimum absolute atomic E-state index is 0.0668. The molecule has 1 aromatic carbocycles. The molecule has 2 heterocycles. The Morgan fingerprint density at radius 3 is 2.53 bits per heavy atom. The predicted octanol–water partition coefficient (Wildman–Crippen LogP) is 5.03. The summed E-state index contributed by atoms with van der Waals surface area (Å²) in [6.07, 6.45) is 1.48. The molecule has 1 fully saturated rings. The van der Waals surface area contributed by atoms with Crippen LogP contribution in [0.4, 0.5) is 0 Å². The van der Waals surface area contributed by atoms with E-state index in [-0.39, 0.29) is 17.3 Å². The lowest BCUT2D eigenvalue weighted by Crippen LogP contribution is -2.27. The number of fused-ring (bicyclic) bond motifs is 1. The van der Waals surface area contributed by atoms with Gasteiger partial charge in [-0.15, -0.1) is 0 Å². The van der Waals surface area contributed by atoms with Crippen molar-refractivity contribution >= 4 is 16.9 Å². The largest absolute Gasteiger partial charge is 0.466 e. The Labute approximate surface area is 188 Å². The highest BCUT2D eigenvalue weighted by atomic mass is 16.5. The van der Waals surface area contributed by atoms with Crippen molar-refractivity contribution in [3.63, 3.8) is 0 Å². The first-order chi connectivity index (χ1) is 15.5. The molecule has 1 aliphatic rings. The summed E-state index contributed by atoms with van der Waals surface area (Å²) in [4.78, 5) is 28.0. The molecule has 2 atom stereocenters. The van der Waals surface area contributed by atoms with Crippen LogP contribution in [0.2, 0.25) is 0 Å². The summed E-state index contributed by atoms with van der Waals surface area (Å²) >= 11 is 0. The van der Waals surface area contributed by atoms with E-state index in [1.54, 1.807) is 18.2 Å². The van der Waals surface area contributed by atoms with E-state index in [4.69, 9.17) is 13.6 Å². The number of aryl methyl sites for hydroxylation is 1. The van der Waals surface area contributed by atoms with E-state index in [1.807, 2.05) is 26.0 Å². The number of carbonyl (C=O) groups is 1. The second-order valence-electron chi connectivity index (χ2n) is 8.40. The molecule has 0 aliphatic heterocycles. The number of carbonyl (C=O) groups excluding carboxylic acids is 1. The number of likely N-dealkylation sites (N-methyl/N-ethyl adjacent to an activating group) is 1. The van der Waals surface area contributed by atoms with Gasteiger partial charge >= 0.3 is 5.97 Å². The zero-order valence-corrected chi connectivity index (χ0v) is 19.3. The maximum Gasteiger partial charge on any atom is 0.338 e. The van der Waals surface area contributed by atoms with Crippen LogP contribution in [0.5, 0.6) is 0 Å². The van der Waals surface area contributed by atoms with Crippen LogP contribution in [0.25, 0.3) is 11.0 Å². The third kappa shape index (κ3) is 4.37. The third-order valence-electron chi connectivity index (χ3n) is 6.39. The van der Waals surface area contributed by atoms with Gasteiger partial charge in [0.05, 0.1) is 10.9 Å². The Bertz CT molecular complexity index is 1170. The van der Waals surface area contributed by atoms with Gasteiger partial charge in [-0.1, -0.05) is 20.8 Å². The van der Waals surface area contributed by atoms with Crippen molar-refractivity contribution in [3.8, 4) is 0 Å². The van der Waals surface area contributed by atoms with Gasteiger partial charge in [-0.2, -0.15) is 0 Å². The zero-order chi connectivity index (χ0) is 22.8. The Hall–Kier alpha value is -2.86. The highest BCUT2D eigenvalue weighted by Gasteiger charge is 2.45. The minimum Gasteiger partial charge on any atom is -0.466 e. The first-order valence-electron chi connectivity index (χ1n) is 11.5. The molecule has 3 aromatic rings. The number of nitrogens with zero attached hydrogens (tertiary/aromatic N) is 1. The molecule has 0 radical (unpaired) electrons. The number of esters is 1. The van der Waals surface area contributed by atoms with Crippen molar-refractivity contribution in [3.05, 3.63) is 69.0 Å². The van der Waals surface area contributed by atoms with E-state index in [2.05, 4.69) is 18.7 Å². The summed E-state index contributed by atoms with van der Waals surface area (Å²) < 4.78 is 17.4. The van der Waals surface area contributed by atoms with Gasteiger partial charge in [0.2, 0.25) is 0 Å². The molecule has 170 valence electrons. The predicted molar refractivity (Wildman–Crippen MR) is 123 cm³/mol. The van der Waals surface area contributed by atoms with E-state index < -0.39 is 5.97 Å². The first kappa shape index (κ1) is 22.3. The molecule has 2 aromatic heterocycles. The summed E-state index contributed by atoms with van der Waals surface area (Å²) in [6.45, 7) is 10.9. The van der Waals surface area contributed by atoms with Crippen LogP contribution in [-0.2, 0) is 11.2 Å². The molecule has 0 amide bonds. The molecule has 0 saturated heterocycles. The van der Waals surface area contributed by atoms with E-state index in [0.717, 1.165) is 36.8 Å².